The maximum atomic E-state index is 11.4. The molecule has 11 nitrogen and oxygen atoms in total. The maximum absolute atomic E-state index is 11.4. The number of nitrogens with two attached hydrogens (primary N) is 2. The van der Waals surface area contributed by atoms with Crippen LogP contribution in [0.5, 0.6) is 0 Å². The van der Waals surface area contributed by atoms with E-state index in [9.17, 15) is 19.8 Å². The number of amides is 1. The minimum Gasteiger partial charge on any atom is -0.478 e. The second kappa shape index (κ2) is 8.52. The van der Waals surface area contributed by atoms with Crippen LogP contribution in [0.4, 0.5) is 0 Å². The van der Waals surface area contributed by atoms with Gasteiger partial charge in [-0.3, -0.25) is 4.79 Å². The minimum absolute atomic E-state index is 0.201. The molecule has 2 radical (unpaired) electrons. The molecule has 0 unspecified atom stereocenters. The molecule has 1 rings (SSSR count). The summed E-state index contributed by atoms with van der Waals surface area (Å²) in [6, 6.07) is -2.04. The first-order chi connectivity index (χ1) is 11.2. The summed E-state index contributed by atoms with van der Waals surface area (Å²) in [5.41, 5.74) is 10.7. The van der Waals surface area contributed by atoms with Gasteiger partial charge in [0.25, 0.3) is 0 Å². The van der Waals surface area contributed by atoms with Crippen molar-refractivity contribution in [2.75, 3.05) is 6.54 Å². The number of rotatable bonds is 7. The SMILES string of the molecule is [B]NC[C@@H](O)[C@@H](O)[C@@H]1OC(C(=O)O)=C[C@H](N=C(N)N)[C@H]1NC(C)=O. The van der Waals surface area contributed by atoms with Crippen LogP contribution in [-0.2, 0) is 14.3 Å². The van der Waals surface area contributed by atoms with E-state index >= 15 is 0 Å². The predicted octanol–water partition coefficient (Wildman–Crippen LogP) is -4.10. The van der Waals surface area contributed by atoms with E-state index in [1.807, 2.05) is 0 Å². The molecule has 12 heteroatoms. The third kappa shape index (κ3) is 5.11. The zero-order valence-electron chi connectivity index (χ0n) is 12.9. The molecule has 1 aliphatic heterocycles. The van der Waals surface area contributed by atoms with Gasteiger partial charge >= 0.3 is 5.97 Å². The molecule has 9 N–H and O–H groups in total. The lowest BCUT2D eigenvalue weighted by atomic mass is 9.92. The standard InChI is InChI=1S/C12H20BN5O6/c1-4(19)17-8-5(18-12(14)15)2-7(11(22)23)24-10(8)9(21)6(20)3-16-13/h2,5-6,8-10,16,20-21H,3H2,1H3,(H,17,19)(H,22,23)(H4,14,15,18)/t5-,6+,8+,9+,10+/m0/s1. The van der Waals surface area contributed by atoms with E-state index in [1.54, 1.807) is 0 Å². The van der Waals surface area contributed by atoms with Crippen LogP contribution in [0.2, 0.25) is 0 Å². The zero-order chi connectivity index (χ0) is 18.4. The third-order valence-corrected chi connectivity index (χ3v) is 3.24. The van der Waals surface area contributed by atoms with Crippen molar-refractivity contribution in [1.82, 2.24) is 10.5 Å². The number of carboxylic acid groups (broad SMARTS) is 1. The summed E-state index contributed by atoms with van der Waals surface area (Å²) < 4.78 is 5.22. The number of hydrogen-bond donors (Lipinski definition) is 7. The number of nitrogens with one attached hydrogen (secondary N) is 2. The quantitative estimate of drug-likeness (QED) is 0.137. The first-order valence-corrected chi connectivity index (χ1v) is 6.94. The molecule has 0 saturated carbocycles. The zero-order valence-corrected chi connectivity index (χ0v) is 12.9. The molecule has 1 heterocycles. The molecule has 0 spiro atoms. The topological polar surface area (TPSA) is 193 Å². The Labute approximate surface area is 139 Å². The van der Waals surface area contributed by atoms with Gasteiger partial charge in [-0.1, -0.05) is 0 Å². The lowest BCUT2D eigenvalue weighted by Gasteiger charge is -2.38. The van der Waals surface area contributed by atoms with Crippen molar-refractivity contribution in [3.05, 3.63) is 11.8 Å². The number of ether oxygens (including phenoxy) is 1. The number of carboxylic acids is 1. The Balaban J connectivity index is 3.25. The average Bonchev–Trinajstić information content (AvgIpc) is 2.47. The largest absolute Gasteiger partial charge is 0.478 e. The van der Waals surface area contributed by atoms with Gasteiger partial charge in [0.2, 0.25) is 11.7 Å². The van der Waals surface area contributed by atoms with Crippen LogP contribution in [0.15, 0.2) is 16.8 Å². The van der Waals surface area contributed by atoms with Gasteiger partial charge in [-0.15, -0.1) is 0 Å². The van der Waals surface area contributed by atoms with Crippen molar-refractivity contribution in [3.8, 4) is 0 Å². The summed E-state index contributed by atoms with van der Waals surface area (Å²) in [6.07, 6.45) is -3.22. The van der Waals surface area contributed by atoms with Crippen molar-refractivity contribution in [1.29, 1.82) is 0 Å². The van der Waals surface area contributed by atoms with E-state index < -0.39 is 48.0 Å². The van der Waals surface area contributed by atoms with Crippen LogP contribution in [0.3, 0.4) is 0 Å². The number of nitrogens with zero attached hydrogens (tertiary/aromatic N) is 1. The summed E-state index contributed by atoms with van der Waals surface area (Å²) in [5, 5.41) is 33.9. The fraction of sp³-hybridized carbons (Fsp3) is 0.583. The molecule has 5 atom stereocenters. The second-order valence-electron chi connectivity index (χ2n) is 5.16. The molecule has 0 aromatic rings. The van der Waals surface area contributed by atoms with Crippen LogP contribution in [0.25, 0.3) is 0 Å². The van der Waals surface area contributed by atoms with Gasteiger partial charge < -0.3 is 42.1 Å². The van der Waals surface area contributed by atoms with Crippen molar-refractivity contribution >= 4 is 25.8 Å². The number of aliphatic carboxylic acids is 1. The van der Waals surface area contributed by atoms with E-state index in [0.717, 1.165) is 6.08 Å². The number of hydrogen-bond acceptors (Lipinski definition) is 7. The lowest BCUT2D eigenvalue weighted by molar-refractivity contribution is -0.144. The van der Waals surface area contributed by atoms with Crippen molar-refractivity contribution in [2.45, 2.75) is 37.3 Å². The number of carbonyl (C=O) groups is 2. The Kier molecular flexibility index (Phi) is 7.01. The van der Waals surface area contributed by atoms with Crippen LogP contribution in [-0.4, -0.2) is 78.1 Å². The Morgan fingerprint density at radius 2 is 2.08 bits per heavy atom. The Morgan fingerprint density at radius 1 is 1.46 bits per heavy atom. The molecular formula is C12H20BN5O6. The van der Waals surface area contributed by atoms with Gasteiger partial charge in [0.15, 0.2) is 13.9 Å². The molecule has 0 bridgehead atoms. The normalized spacial score (nSPS) is 25.6. The van der Waals surface area contributed by atoms with E-state index in [2.05, 4.69) is 15.5 Å². The maximum Gasteiger partial charge on any atom is 0.370 e. The van der Waals surface area contributed by atoms with Gasteiger partial charge in [-0.2, -0.15) is 0 Å². The summed E-state index contributed by atoms with van der Waals surface area (Å²) in [7, 11) is 5.09. The Morgan fingerprint density at radius 3 is 2.54 bits per heavy atom. The first kappa shape index (κ1) is 19.7. The highest BCUT2D eigenvalue weighted by molar-refractivity contribution is 6.04. The number of aliphatic hydroxyl groups excluding tert-OH is 2. The first-order valence-electron chi connectivity index (χ1n) is 6.94. The van der Waals surface area contributed by atoms with Gasteiger partial charge in [-0.05, 0) is 6.08 Å². The van der Waals surface area contributed by atoms with Gasteiger partial charge in [0.05, 0.1) is 18.2 Å². The number of guanidine groups is 1. The molecule has 0 saturated heterocycles. The summed E-state index contributed by atoms with van der Waals surface area (Å²) in [4.78, 5) is 26.5. The van der Waals surface area contributed by atoms with E-state index in [4.69, 9.17) is 29.3 Å². The van der Waals surface area contributed by atoms with Crippen LogP contribution in [0, 0.1) is 0 Å². The average molecular weight is 341 g/mol. The highest BCUT2D eigenvalue weighted by Gasteiger charge is 2.43. The lowest BCUT2D eigenvalue weighted by Crippen LogP contribution is -2.60. The van der Waals surface area contributed by atoms with Gasteiger partial charge in [0.1, 0.15) is 12.2 Å². The van der Waals surface area contributed by atoms with Crippen molar-refractivity contribution in [3.63, 3.8) is 0 Å². The van der Waals surface area contributed by atoms with E-state index in [0.29, 0.717) is 0 Å². The number of aliphatic hydroxyl groups is 2. The third-order valence-electron chi connectivity index (χ3n) is 3.24. The number of aliphatic imine (C=N–C) groups is 1. The minimum atomic E-state index is -1.59. The highest BCUT2D eigenvalue weighted by atomic mass is 16.5. The highest BCUT2D eigenvalue weighted by Crippen LogP contribution is 2.24. The van der Waals surface area contributed by atoms with Crippen LogP contribution >= 0.6 is 0 Å². The fourth-order valence-corrected chi connectivity index (χ4v) is 2.27. The van der Waals surface area contributed by atoms with E-state index in [-0.39, 0.29) is 12.5 Å². The fourth-order valence-electron chi connectivity index (χ4n) is 2.27. The van der Waals surface area contributed by atoms with Crippen molar-refractivity contribution < 1.29 is 29.6 Å². The smallest absolute Gasteiger partial charge is 0.370 e. The monoisotopic (exact) mass is 341 g/mol. The Bertz CT molecular complexity index is 538. The predicted molar refractivity (Wildman–Crippen MR) is 83.6 cm³/mol. The van der Waals surface area contributed by atoms with E-state index in [1.165, 1.54) is 6.92 Å². The molecule has 0 aliphatic carbocycles. The summed E-state index contributed by atoms with van der Waals surface area (Å²) in [5.74, 6) is -2.79. The van der Waals surface area contributed by atoms with Crippen molar-refractivity contribution in [2.24, 2.45) is 16.5 Å². The Hall–Kier alpha value is -2.31. The molecule has 24 heavy (non-hydrogen) atoms. The molecule has 1 amide bonds. The molecule has 0 fully saturated rings. The van der Waals surface area contributed by atoms with Gasteiger partial charge in [0, 0.05) is 13.5 Å². The van der Waals surface area contributed by atoms with Crippen LogP contribution < -0.4 is 22.0 Å². The molecule has 132 valence electrons. The van der Waals surface area contributed by atoms with Crippen LogP contribution in [0.1, 0.15) is 6.92 Å². The molecular weight excluding hydrogens is 321 g/mol. The molecule has 1 aliphatic rings. The second-order valence-corrected chi connectivity index (χ2v) is 5.16. The van der Waals surface area contributed by atoms with Gasteiger partial charge in [-0.25, -0.2) is 9.79 Å². The number of carbonyl (C=O) groups excluding carboxylic acids is 1. The molecule has 0 aromatic heterocycles. The summed E-state index contributed by atoms with van der Waals surface area (Å²) in [6.45, 7) is 1.01. The summed E-state index contributed by atoms with van der Waals surface area (Å²) >= 11 is 0. The molecule has 0 aromatic carbocycles.